The van der Waals surface area contributed by atoms with Crippen LogP contribution in [0.1, 0.15) is 25.5 Å². The summed E-state index contributed by atoms with van der Waals surface area (Å²) in [6.45, 7) is 6.62. The first kappa shape index (κ1) is 11.8. The normalized spacial score (nSPS) is 23.2. The first-order valence-corrected chi connectivity index (χ1v) is 6.94. The third-order valence-corrected chi connectivity index (χ3v) is 4.15. The van der Waals surface area contributed by atoms with Crippen LogP contribution in [0.2, 0.25) is 0 Å². The highest BCUT2D eigenvalue weighted by atomic mass is 32.2. The van der Waals surface area contributed by atoms with E-state index in [9.17, 15) is 0 Å². The van der Waals surface area contributed by atoms with E-state index in [1.54, 1.807) is 0 Å². The molecule has 1 aromatic rings. The summed E-state index contributed by atoms with van der Waals surface area (Å²) < 4.78 is 0. The largest absolute Gasteiger partial charge is 0.369 e. The van der Waals surface area contributed by atoms with E-state index < -0.39 is 0 Å². The van der Waals surface area contributed by atoms with E-state index >= 15 is 0 Å². The van der Waals surface area contributed by atoms with Gasteiger partial charge in [0.05, 0.1) is 0 Å². The molecule has 1 aliphatic rings. The van der Waals surface area contributed by atoms with Crippen molar-refractivity contribution in [3.8, 4) is 0 Å². The van der Waals surface area contributed by atoms with Gasteiger partial charge in [-0.15, -0.1) is 0 Å². The van der Waals surface area contributed by atoms with Gasteiger partial charge in [0.15, 0.2) is 0 Å². The lowest BCUT2D eigenvalue weighted by Crippen LogP contribution is -2.37. The molecule has 1 fully saturated rings. The summed E-state index contributed by atoms with van der Waals surface area (Å²) in [5.41, 5.74) is 8.61. The summed E-state index contributed by atoms with van der Waals surface area (Å²) in [4.78, 5) is 2.47. The minimum atomic E-state index is 0.112. The van der Waals surface area contributed by atoms with Crippen LogP contribution in [0, 0.1) is 0 Å². The van der Waals surface area contributed by atoms with Gasteiger partial charge in [0.2, 0.25) is 0 Å². The summed E-state index contributed by atoms with van der Waals surface area (Å²) in [5.74, 6) is 1.22. The lowest BCUT2D eigenvalue weighted by Gasteiger charge is -2.34. The number of thioether (sulfide) groups is 1. The van der Waals surface area contributed by atoms with Crippen molar-refractivity contribution in [2.45, 2.75) is 25.1 Å². The minimum Gasteiger partial charge on any atom is -0.369 e. The van der Waals surface area contributed by atoms with Crippen molar-refractivity contribution in [3.05, 3.63) is 29.8 Å². The molecule has 0 amide bonds. The van der Waals surface area contributed by atoms with Gasteiger partial charge >= 0.3 is 0 Å². The van der Waals surface area contributed by atoms with Gasteiger partial charge in [0, 0.05) is 35.8 Å². The fourth-order valence-corrected chi connectivity index (χ4v) is 3.21. The molecule has 2 atom stereocenters. The molecule has 0 saturated carbocycles. The first-order chi connectivity index (χ1) is 7.68. The Bertz CT molecular complexity index is 352. The van der Waals surface area contributed by atoms with Crippen molar-refractivity contribution < 1.29 is 0 Å². The zero-order chi connectivity index (χ0) is 11.5. The van der Waals surface area contributed by atoms with Crippen LogP contribution in [-0.2, 0) is 0 Å². The summed E-state index contributed by atoms with van der Waals surface area (Å²) in [7, 11) is 0. The second-order valence-corrected chi connectivity index (χ2v) is 6.02. The van der Waals surface area contributed by atoms with Crippen LogP contribution in [0.4, 0.5) is 5.69 Å². The molecule has 16 heavy (non-hydrogen) atoms. The Labute approximate surface area is 102 Å². The standard InChI is InChI=1S/C13H20N2S/c1-10-9-15(7-8-16-10)13-6-4-3-5-12(13)11(2)14/h3-6,10-11H,7-9,14H2,1-2H3/t10?,11-/m0/s1. The molecule has 0 bridgehead atoms. The van der Waals surface area contributed by atoms with E-state index in [-0.39, 0.29) is 6.04 Å². The van der Waals surface area contributed by atoms with Gasteiger partial charge in [-0.1, -0.05) is 25.1 Å². The topological polar surface area (TPSA) is 29.3 Å². The van der Waals surface area contributed by atoms with Crippen molar-refractivity contribution >= 4 is 17.4 Å². The van der Waals surface area contributed by atoms with Crippen LogP contribution in [-0.4, -0.2) is 24.1 Å². The molecule has 3 heteroatoms. The Hall–Kier alpha value is -0.670. The van der Waals surface area contributed by atoms with Crippen LogP contribution < -0.4 is 10.6 Å². The lowest BCUT2D eigenvalue weighted by molar-refractivity contribution is 0.755. The molecule has 0 spiro atoms. The Morgan fingerprint density at radius 3 is 2.88 bits per heavy atom. The second-order valence-electron chi connectivity index (χ2n) is 4.47. The molecular formula is C13H20N2S. The summed E-state index contributed by atoms with van der Waals surface area (Å²) in [6.07, 6.45) is 0. The van der Waals surface area contributed by atoms with Crippen LogP contribution in [0.15, 0.2) is 24.3 Å². The third kappa shape index (κ3) is 2.53. The molecule has 0 aliphatic carbocycles. The van der Waals surface area contributed by atoms with Gasteiger partial charge in [-0.2, -0.15) is 11.8 Å². The molecule has 2 nitrogen and oxygen atoms in total. The van der Waals surface area contributed by atoms with Gasteiger partial charge in [-0.3, -0.25) is 0 Å². The van der Waals surface area contributed by atoms with E-state index in [1.165, 1.54) is 17.0 Å². The van der Waals surface area contributed by atoms with Gasteiger partial charge < -0.3 is 10.6 Å². The Kier molecular flexibility index (Phi) is 3.77. The fourth-order valence-electron chi connectivity index (χ4n) is 2.20. The molecule has 1 heterocycles. The molecule has 1 aliphatic heterocycles. The number of benzene rings is 1. The smallest absolute Gasteiger partial charge is 0.0415 e. The van der Waals surface area contributed by atoms with E-state index in [1.807, 2.05) is 0 Å². The molecule has 1 saturated heterocycles. The van der Waals surface area contributed by atoms with Crippen LogP contribution >= 0.6 is 11.8 Å². The monoisotopic (exact) mass is 236 g/mol. The van der Waals surface area contributed by atoms with E-state index in [0.29, 0.717) is 0 Å². The zero-order valence-electron chi connectivity index (χ0n) is 10.0. The molecule has 0 radical (unpaired) electrons. The van der Waals surface area contributed by atoms with Crippen molar-refractivity contribution in [1.29, 1.82) is 0 Å². The predicted octanol–water partition coefficient (Wildman–Crippen LogP) is 2.65. The first-order valence-electron chi connectivity index (χ1n) is 5.89. The molecule has 1 unspecified atom stereocenters. The number of rotatable bonds is 2. The lowest BCUT2D eigenvalue weighted by atomic mass is 10.1. The molecule has 2 N–H and O–H groups in total. The molecule has 2 rings (SSSR count). The summed E-state index contributed by atoms with van der Waals surface area (Å²) >= 11 is 2.06. The average molecular weight is 236 g/mol. The minimum absolute atomic E-state index is 0.112. The van der Waals surface area contributed by atoms with Gasteiger partial charge in [0.1, 0.15) is 0 Å². The average Bonchev–Trinajstić information content (AvgIpc) is 2.29. The molecular weight excluding hydrogens is 216 g/mol. The third-order valence-electron chi connectivity index (χ3n) is 3.01. The van der Waals surface area contributed by atoms with Crippen LogP contribution in [0.25, 0.3) is 0 Å². The van der Waals surface area contributed by atoms with E-state index in [4.69, 9.17) is 5.73 Å². The quantitative estimate of drug-likeness (QED) is 0.856. The Morgan fingerprint density at radius 2 is 2.19 bits per heavy atom. The van der Waals surface area contributed by atoms with Gasteiger partial charge in [-0.05, 0) is 18.6 Å². The summed E-state index contributed by atoms with van der Waals surface area (Å²) in [5, 5.41) is 0.717. The van der Waals surface area contributed by atoms with Gasteiger partial charge in [0.25, 0.3) is 0 Å². The zero-order valence-corrected chi connectivity index (χ0v) is 10.8. The van der Waals surface area contributed by atoms with Crippen LogP contribution in [0.3, 0.4) is 0 Å². The van der Waals surface area contributed by atoms with E-state index in [2.05, 4.69) is 54.8 Å². The molecule has 0 aromatic heterocycles. The highest BCUT2D eigenvalue weighted by molar-refractivity contribution is 8.00. The highest BCUT2D eigenvalue weighted by Crippen LogP contribution is 2.29. The van der Waals surface area contributed by atoms with Crippen LogP contribution in [0.5, 0.6) is 0 Å². The number of nitrogens with zero attached hydrogens (tertiary/aromatic N) is 1. The molecule has 88 valence electrons. The maximum Gasteiger partial charge on any atom is 0.0415 e. The number of anilines is 1. The fraction of sp³-hybridized carbons (Fsp3) is 0.538. The highest BCUT2D eigenvalue weighted by Gasteiger charge is 2.19. The summed E-state index contributed by atoms with van der Waals surface area (Å²) in [6, 6.07) is 8.63. The SMILES string of the molecule is CC1CN(c2ccccc2[C@H](C)N)CCS1. The van der Waals surface area contributed by atoms with Crippen molar-refractivity contribution in [2.24, 2.45) is 5.73 Å². The maximum absolute atomic E-state index is 6.02. The van der Waals surface area contributed by atoms with Crippen molar-refractivity contribution in [3.63, 3.8) is 0 Å². The Balaban J connectivity index is 2.25. The second kappa shape index (κ2) is 5.11. The van der Waals surface area contributed by atoms with Gasteiger partial charge in [-0.25, -0.2) is 0 Å². The van der Waals surface area contributed by atoms with Crippen molar-refractivity contribution in [1.82, 2.24) is 0 Å². The van der Waals surface area contributed by atoms with Crippen molar-refractivity contribution in [2.75, 3.05) is 23.7 Å². The number of hydrogen-bond acceptors (Lipinski definition) is 3. The number of hydrogen-bond donors (Lipinski definition) is 1. The van der Waals surface area contributed by atoms with E-state index in [0.717, 1.165) is 18.3 Å². The maximum atomic E-state index is 6.02. The number of para-hydroxylation sites is 1. The molecule has 1 aromatic carbocycles. The predicted molar refractivity (Wildman–Crippen MR) is 73.2 cm³/mol. The number of nitrogens with two attached hydrogens (primary N) is 1. The Morgan fingerprint density at radius 1 is 1.44 bits per heavy atom.